The largest absolute Gasteiger partial charge is 0.399 e. The molecule has 0 aliphatic carbocycles. The first-order valence-electron chi connectivity index (χ1n) is 8.21. The number of aryl methyl sites for hydroxylation is 1. The van der Waals surface area contributed by atoms with Crippen LogP contribution in [0, 0.1) is 0 Å². The van der Waals surface area contributed by atoms with Gasteiger partial charge in [-0.25, -0.2) is 0 Å². The normalized spacial score (nSPS) is 12.9. The van der Waals surface area contributed by atoms with Crippen molar-refractivity contribution in [2.45, 2.75) is 25.7 Å². The van der Waals surface area contributed by atoms with E-state index in [2.05, 4.69) is 16.3 Å². The zero-order chi connectivity index (χ0) is 16.1. The van der Waals surface area contributed by atoms with Crippen molar-refractivity contribution in [2.75, 3.05) is 29.0 Å². The number of anilines is 3. The smallest absolute Gasteiger partial charge is 0.224 e. The molecule has 25 heavy (non-hydrogen) atoms. The van der Waals surface area contributed by atoms with Gasteiger partial charge in [0.15, 0.2) is 0 Å². The number of halogens is 2. The highest BCUT2D eigenvalue weighted by Crippen LogP contribution is 2.28. The second-order valence-corrected chi connectivity index (χ2v) is 5.96. The zero-order valence-electron chi connectivity index (χ0n) is 14.1. The van der Waals surface area contributed by atoms with Gasteiger partial charge in [-0.05, 0) is 43.0 Å². The van der Waals surface area contributed by atoms with Crippen molar-refractivity contribution in [3.8, 4) is 0 Å². The van der Waals surface area contributed by atoms with Gasteiger partial charge in [-0.15, -0.1) is 24.8 Å². The zero-order valence-corrected chi connectivity index (χ0v) is 15.7. The van der Waals surface area contributed by atoms with Crippen LogP contribution in [0.5, 0.6) is 0 Å². The highest BCUT2D eigenvalue weighted by Gasteiger charge is 2.16. The molecule has 6 heteroatoms. The van der Waals surface area contributed by atoms with Crippen molar-refractivity contribution in [3.05, 3.63) is 54.1 Å². The third-order valence-corrected chi connectivity index (χ3v) is 4.30. The summed E-state index contributed by atoms with van der Waals surface area (Å²) in [6, 6.07) is 15.7. The number of benzene rings is 2. The highest BCUT2D eigenvalue weighted by molar-refractivity contribution is 5.94. The summed E-state index contributed by atoms with van der Waals surface area (Å²) in [7, 11) is 0. The van der Waals surface area contributed by atoms with E-state index in [1.54, 1.807) is 0 Å². The lowest BCUT2D eigenvalue weighted by atomic mass is 10.1. The molecule has 0 spiro atoms. The van der Waals surface area contributed by atoms with E-state index in [9.17, 15) is 4.79 Å². The minimum absolute atomic E-state index is 0. The van der Waals surface area contributed by atoms with Crippen LogP contribution in [-0.4, -0.2) is 19.0 Å². The quantitative estimate of drug-likeness (QED) is 0.759. The Morgan fingerprint density at radius 2 is 1.64 bits per heavy atom. The maximum atomic E-state index is 12.3. The predicted molar refractivity (Wildman–Crippen MR) is 110 cm³/mol. The number of para-hydroxylation sites is 3. The monoisotopic (exact) mass is 381 g/mol. The number of rotatable bonds is 5. The molecule has 2 aromatic carbocycles. The van der Waals surface area contributed by atoms with Gasteiger partial charge in [0.05, 0.1) is 11.4 Å². The first-order valence-corrected chi connectivity index (χ1v) is 8.21. The maximum Gasteiger partial charge on any atom is 0.224 e. The van der Waals surface area contributed by atoms with Crippen LogP contribution >= 0.6 is 24.8 Å². The third-order valence-electron chi connectivity index (χ3n) is 4.30. The molecule has 1 heterocycles. The standard InChI is InChI=1S/C19H23N3O.2ClH/c20-16-8-2-1-7-15(16)11-12-19(23)21-17-9-3-4-10-18(17)22-13-5-6-14-22;;/h1-4,7-10H,5-6,11-14,20H2,(H,21,23);2*1H. The van der Waals surface area contributed by atoms with E-state index in [0.29, 0.717) is 12.8 Å². The van der Waals surface area contributed by atoms with Gasteiger partial charge in [0.1, 0.15) is 0 Å². The fourth-order valence-electron chi connectivity index (χ4n) is 3.04. The molecule has 1 saturated heterocycles. The van der Waals surface area contributed by atoms with Crippen molar-refractivity contribution in [2.24, 2.45) is 0 Å². The van der Waals surface area contributed by atoms with E-state index >= 15 is 0 Å². The summed E-state index contributed by atoms with van der Waals surface area (Å²) in [5.74, 6) is 0.0277. The first kappa shape index (κ1) is 21.1. The van der Waals surface area contributed by atoms with Crippen LogP contribution in [0.15, 0.2) is 48.5 Å². The van der Waals surface area contributed by atoms with Gasteiger partial charge in [0, 0.05) is 25.2 Å². The summed E-state index contributed by atoms with van der Waals surface area (Å²) < 4.78 is 0. The van der Waals surface area contributed by atoms with Gasteiger partial charge in [0.25, 0.3) is 0 Å². The Balaban J connectivity index is 0.00000156. The lowest BCUT2D eigenvalue weighted by molar-refractivity contribution is -0.116. The topological polar surface area (TPSA) is 58.4 Å². The third kappa shape index (κ3) is 5.55. The van der Waals surface area contributed by atoms with E-state index in [4.69, 9.17) is 5.73 Å². The molecule has 3 N–H and O–H groups in total. The minimum Gasteiger partial charge on any atom is -0.399 e. The Morgan fingerprint density at radius 1 is 1.00 bits per heavy atom. The molecule has 4 nitrogen and oxygen atoms in total. The van der Waals surface area contributed by atoms with E-state index in [1.807, 2.05) is 42.5 Å². The Morgan fingerprint density at radius 3 is 2.36 bits per heavy atom. The number of nitrogens with two attached hydrogens (primary N) is 1. The van der Waals surface area contributed by atoms with Crippen LogP contribution in [0.3, 0.4) is 0 Å². The summed E-state index contributed by atoms with van der Waals surface area (Å²) in [6.45, 7) is 2.13. The molecule has 0 bridgehead atoms. The highest BCUT2D eigenvalue weighted by atomic mass is 35.5. The molecule has 0 unspecified atom stereocenters. The summed E-state index contributed by atoms with van der Waals surface area (Å²) in [4.78, 5) is 14.6. The number of amides is 1. The molecule has 3 rings (SSSR count). The van der Waals surface area contributed by atoms with Crippen LogP contribution < -0.4 is 16.0 Å². The second kappa shape index (κ2) is 10.2. The van der Waals surface area contributed by atoms with Gasteiger partial charge in [-0.3, -0.25) is 4.79 Å². The fraction of sp³-hybridized carbons (Fsp3) is 0.316. The molecule has 136 valence electrons. The van der Waals surface area contributed by atoms with Crippen LogP contribution in [0.4, 0.5) is 17.1 Å². The summed E-state index contributed by atoms with van der Waals surface area (Å²) in [5, 5.41) is 3.06. The van der Waals surface area contributed by atoms with E-state index in [0.717, 1.165) is 35.7 Å². The van der Waals surface area contributed by atoms with Gasteiger partial charge >= 0.3 is 0 Å². The lowest BCUT2D eigenvalue weighted by Crippen LogP contribution is -2.21. The molecule has 1 amide bonds. The molecular weight excluding hydrogens is 357 g/mol. The van der Waals surface area contributed by atoms with Crippen molar-refractivity contribution in [1.82, 2.24) is 0 Å². The van der Waals surface area contributed by atoms with Crippen molar-refractivity contribution < 1.29 is 4.79 Å². The molecule has 1 aliphatic heterocycles. The average molecular weight is 382 g/mol. The van der Waals surface area contributed by atoms with Crippen molar-refractivity contribution in [1.29, 1.82) is 0 Å². The molecule has 0 saturated carbocycles. The summed E-state index contributed by atoms with van der Waals surface area (Å²) in [5.41, 5.74) is 9.73. The molecule has 1 fully saturated rings. The molecule has 0 atom stereocenters. The number of hydrogen-bond donors (Lipinski definition) is 2. The lowest BCUT2D eigenvalue weighted by Gasteiger charge is -2.21. The second-order valence-electron chi connectivity index (χ2n) is 5.96. The molecular formula is C19H25Cl2N3O. The fourth-order valence-corrected chi connectivity index (χ4v) is 3.04. The number of nitrogens with one attached hydrogen (secondary N) is 1. The van der Waals surface area contributed by atoms with Crippen LogP contribution in [-0.2, 0) is 11.2 Å². The van der Waals surface area contributed by atoms with Crippen molar-refractivity contribution in [3.63, 3.8) is 0 Å². The summed E-state index contributed by atoms with van der Waals surface area (Å²) in [6.07, 6.45) is 3.53. The summed E-state index contributed by atoms with van der Waals surface area (Å²) >= 11 is 0. The van der Waals surface area contributed by atoms with E-state index in [1.165, 1.54) is 12.8 Å². The number of carbonyl (C=O) groups is 1. The Kier molecular flexibility index (Phi) is 8.59. The van der Waals surface area contributed by atoms with Gasteiger partial charge in [-0.2, -0.15) is 0 Å². The molecule has 0 radical (unpaired) electrons. The molecule has 2 aromatic rings. The first-order chi connectivity index (χ1) is 11.2. The number of nitrogen functional groups attached to an aromatic ring is 1. The predicted octanol–water partition coefficient (Wildman–Crippen LogP) is 4.28. The molecule has 1 aliphatic rings. The number of hydrogen-bond acceptors (Lipinski definition) is 3. The van der Waals surface area contributed by atoms with Gasteiger partial charge in [-0.1, -0.05) is 30.3 Å². The van der Waals surface area contributed by atoms with Crippen LogP contribution in [0.2, 0.25) is 0 Å². The van der Waals surface area contributed by atoms with Crippen LogP contribution in [0.25, 0.3) is 0 Å². The minimum atomic E-state index is 0. The number of carbonyl (C=O) groups excluding carboxylic acids is 1. The maximum absolute atomic E-state index is 12.3. The Labute approximate surface area is 161 Å². The van der Waals surface area contributed by atoms with Gasteiger partial charge in [0.2, 0.25) is 5.91 Å². The van der Waals surface area contributed by atoms with Gasteiger partial charge < -0.3 is 16.0 Å². The van der Waals surface area contributed by atoms with Crippen molar-refractivity contribution >= 4 is 47.8 Å². The Bertz CT molecular complexity index is 688. The average Bonchev–Trinajstić information content (AvgIpc) is 3.09. The number of nitrogens with zero attached hydrogens (tertiary/aromatic N) is 1. The van der Waals surface area contributed by atoms with E-state index in [-0.39, 0.29) is 30.7 Å². The van der Waals surface area contributed by atoms with Crippen LogP contribution in [0.1, 0.15) is 24.8 Å². The molecule has 0 aromatic heterocycles. The SMILES string of the molecule is Cl.Cl.Nc1ccccc1CCC(=O)Nc1ccccc1N1CCCC1. The Hall–Kier alpha value is -1.91. The van der Waals surface area contributed by atoms with E-state index < -0.39 is 0 Å².